The molecule has 0 saturated carbocycles. The number of rotatable bonds is 7. The van der Waals surface area contributed by atoms with E-state index in [0.717, 1.165) is 36.9 Å². The van der Waals surface area contributed by atoms with Crippen molar-refractivity contribution in [3.8, 4) is 0 Å². The Hall–Kier alpha value is -2.24. The first-order valence-corrected chi connectivity index (χ1v) is 6.88. The van der Waals surface area contributed by atoms with Gasteiger partial charge in [-0.25, -0.2) is 0 Å². The van der Waals surface area contributed by atoms with Crippen LogP contribution >= 0.6 is 0 Å². The number of hydrogen-bond donors (Lipinski definition) is 2. The van der Waals surface area contributed by atoms with E-state index in [1.165, 1.54) is 0 Å². The van der Waals surface area contributed by atoms with Crippen molar-refractivity contribution in [2.24, 2.45) is 0 Å². The first-order valence-electron chi connectivity index (χ1n) is 6.88. The Kier molecular flexibility index (Phi) is 4.81. The molecule has 6 heteroatoms. The van der Waals surface area contributed by atoms with Crippen molar-refractivity contribution >= 4 is 17.6 Å². The summed E-state index contributed by atoms with van der Waals surface area (Å²) in [5.41, 5.74) is 5.78. The van der Waals surface area contributed by atoms with Gasteiger partial charge < -0.3 is 20.4 Å². The molecule has 0 saturated heterocycles. The summed E-state index contributed by atoms with van der Waals surface area (Å²) in [6.45, 7) is 6.51. The highest BCUT2D eigenvalue weighted by atomic mass is 16.3. The Morgan fingerprint density at radius 1 is 1.35 bits per heavy atom. The topological polar surface area (TPSA) is 80.2 Å². The Bertz CT molecular complexity index is 526. The molecule has 0 spiro atoms. The molecular formula is C14H21N5O. The minimum Gasteiger partial charge on any atom is -0.467 e. The predicted octanol–water partition coefficient (Wildman–Crippen LogP) is 2.50. The number of aromatic nitrogens is 2. The van der Waals surface area contributed by atoms with Crippen LogP contribution in [0.2, 0.25) is 0 Å². The molecule has 2 aromatic rings. The summed E-state index contributed by atoms with van der Waals surface area (Å²) < 4.78 is 5.38. The fourth-order valence-electron chi connectivity index (χ4n) is 1.90. The minimum absolute atomic E-state index is 0.277. The van der Waals surface area contributed by atoms with E-state index in [4.69, 9.17) is 10.2 Å². The number of furan rings is 1. The van der Waals surface area contributed by atoms with Crippen molar-refractivity contribution in [1.29, 1.82) is 0 Å². The summed E-state index contributed by atoms with van der Waals surface area (Å²) in [6.07, 6.45) is 2.70. The molecule has 0 aromatic carbocycles. The van der Waals surface area contributed by atoms with Gasteiger partial charge in [-0.05, 0) is 25.5 Å². The van der Waals surface area contributed by atoms with Crippen molar-refractivity contribution < 1.29 is 4.42 Å². The van der Waals surface area contributed by atoms with Crippen LogP contribution in [0.1, 0.15) is 26.0 Å². The molecule has 20 heavy (non-hydrogen) atoms. The van der Waals surface area contributed by atoms with Crippen LogP contribution < -0.4 is 16.0 Å². The highest BCUT2D eigenvalue weighted by molar-refractivity contribution is 5.52. The number of anilines is 3. The second-order valence-corrected chi connectivity index (χ2v) is 4.49. The maximum atomic E-state index is 5.78. The molecule has 3 N–H and O–H groups in total. The largest absolute Gasteiger partial charge is 0.467 e. The molecule has 0 aliphatic rings. The lowest BCUT2D eigenvalue weighted by molar-refractivity contribution is 0.503. The van der Waals surface area contributed by atoms with Gasteiger partial charge in [0, 0.05) is 19.2 Å². The quantitative estimate of drug-likeness (QED) is 0.808. The van der Waals surface area contributed by atoms with Crippen LogP contribution in [0.25, 0.3) is 0 Å². The number of nitrogen functional groups attached to an aromatic ring is 1. The molecule has 2 rings (SSSR count). The molecular weight excluding hydrogens is 254 g/mol. The standard InChI is InChI=1S/C14H21N5O/c1-3-7-16-12-9-13(18-14(15)17-12)19(4-2)10-11-6-5-8-20-11/h5-6,8-9H,3-4,7,10H2,1-2H3,(H3,15,16,17,18). The van der Waals surface area contributed by atoms with E-state index in [2.05, 4.69) is 34.0 Å². The van der Waals surface area contributed by atoms with Crippen LogP contribution in [-0.4, -0.2) is 23.1 Å². The zero-order chi connectivity index (χ0) is 14.4. The van der Waals surface area contributed by atoms with Gasteiger partial charge in [0.1, 0.15) is 17.4 Å². The molecule has 6 nitrogen and oxygen atoms in total. The molecule has 0 fully saturated rings. The third-order valence-electron chi connectivity index (χ3n) is 2.92. The van der Waals surface area contributed by atoms with Gasteiger partial charge in [-0.1, -0.05) is 6.92 Å². The summed E-state index contributed by atoms with van der Waals surface area (Å²) in [6, 6.07) is 5.74. The maximum absolute atomic E-state index is 5.78. The average molecular weight is 275 g/mol. The van der Waals surface area contributed by atoms with E-state index < -0.39 is 0 Å². The Labute approximate surface area is 119 Å². The normalized spacial score (nSPS) is 10.5. The molecule has 2 heterocycles. The van der Waals surface area contributed by atoms with E-state index in [0.29, 0.717) is 6.54 Å². The Balaban J connectivity index is 2.17. The highest BCUT2D eigenvalue weighted by Crippen LogP contribution is 2.19. The van der Waals surface area contributed by atoms with Crippen molar-refractivity contribution in [3.63, 3.8) is 0 Å². The van der Waals surface area contributed by atoms with Crippen molar-refractivity contribution in [1.82, 2.24) is 9.97 Å². The molecule has 0 aliphatic carbocycles. The molecule has 0 amide bonds. The molecule has 0 bridgehead atoms. The van der Waals surface area contributed by atoms with Crippen LogP contribution in [0.15, 0.2) is 28.9 Å². The van der Waals surface area contributed by atoms with Crippen LogP contribution in [0.4, 0.5) is 17.6 Å². The molecule has 0 atom stereocenters. The molecule has 0 aliphatic heterocycles. The second kappa shape index (κ2) is 6.79. The third kappa shape index (κ3) is 3.63. The minimum atomic E-state index is 0.277. The first-order chi connectivity index (χ1) is 9.72. The van der Waals surface area contributed by atoms with Crippen LogP contribution in [0.5, 0.6) is 0 Å². The fourth-order valence-corrected chi connectivity index (χ4v) is 1.90. The van der Waals surface area contributed by atoms with Gasteiger partial charge in [-0.2, -0.15) is 9.97 Å². The third-order valence-corrected chi connectivity index (χ3v) is 2.92. The monoisotopic (exact) mass is 275 g/mol. The lowest BCUT2D eigenvalue weighted by atomic mass is 10.3. The van der Waals surface area contributed by atoms with E-state index >= 15 is 0 Å². The molecule has 0 radical (unpaired) electrons. The molecule has 108 valence electrons. The van der Waals surface area contributed by atoms with Gasteiger partial charge in [-0.3, -0.25) is 0 Å². The summed E-state index contributed by atoms with van der Waals surface area (Å²) >= 11 is 0. The SMILES string of the molecule is CCCNc1cc(N(CC)Cc2ccco2)nc(N)n1. The van der Waals surface area contributed by atoms with E-state index in [1.807, 2.05) is 18.2 Å². The zero-order valence-corrected chi connectivity index (χ0v) is 12.0. The summed E-state index contributed by atoms with van der Waals surface area (Å²) in [5.74, 6) is 2.73. The maximum Gasteiger partial charge on any atom is 0.223 e. The summed E-state index contributed by atoms with van der Waals surface area (Å²) in [7, 11) is 0. The number of hydrogen-bond acceptors (Lipinski definition) is 6. The zero-order valence-electron chi connectivity index (χ0n) is 12.0. The fraction of sp³-hybridized carbons (Fsp3) is 0.429. The van der Waals surface area contributed by atoms with E-state index in [9.17, 15) is 0 Å². The highest BCUT2D eigenvalue weighted by Gasteiger charge is 2.11. The summed E-state index contributed by atoms with van der Waals surface area (Å²) in [4.78, 5) is 10.6. The van der Waals surface area contributed by atoms with Crippen LogP contribution in [-0.2, 0) is 6.54 Å². The lowest BCUT2D eigenvalue weighted by Gasteiger charge is -2.21. The van der Waals surface area contributed by atoms with E-state index in [-0.39, 0.29) is 5.95 Å². The molecule has 2 aromatic heterocycles. The first kappa shape index (κ1) is 14.2. The van der Waals surface area contributed by atoms with Crippen LogP contribution in [0, 0.1) is 0 Å². The van der Waals surface area contributed by atoms with Gasteiger partial charge in [0.2, 0.25) is 5.95 Å². The number of nitrogens with one attached hydrogen (secondary N) is 1. The van der Waals surface area contributed by atoms with E-state index in [1.54, 1.807) is 6.26 Å². The van der Waals surface area contributed by atoms with Crippen molar-refractivity contribution in [3.05, 3.63) is 30.2 Å². The van der Waals surface area contributed by atoms with Gasteiger partial charge in [0.05, 0.1) is 12.8 Å². The van der Waals surface area contributed by atoms with Gasteiger partial charge in [0.25, 0.3) is 0 Å². The van der Waals surface area contributed by atoms with Gasteiger partial charge in [0.15, 0.2) is 0 Å². The summed E-state index contributed by atoms with van der Waals surface area (Å²) in [5, 5.41) is 3.23. The average Bonchev–Trinajstić information content (AvgIpc) is 2.95. The number of nitrogens with zero attached hydrogens (tertiary/aromatic N) is 3. The molecule has 0 unspecified atom stereocenters. The lowest BCUT2D eigenvalue weighted by Crippen LogP contribution is -2.23. The van der Waals surface area contributed by atoms with Crippen molar-refractivity contribution in [2.45, 2.75) is 26.8 Å². The Morgan fingerprint density at radius 3 is 2.85 bits per heavy atom. The predicted molar refractivity (Wildman–Crippen MR) is 80.7 cm³/mol. The second-order valence-electron chi connectivity index (χ2n) is 4.49. The van der Waals surface area contributed by atoms with Gasteiger partial charge in [-0.15, -0.1) is 0 Å². The van der Waals surface area contributed by atoms with Gasteiger partial charge >= 0.3 is 0 Å². The Morgan fingerprint density at radius 2 is 2.20 bits per heavy atom. The van der Waals surface area contributed by atoms with Crippen LogP contribution in [0.3, 0.4) is 0 Å². The van der Waals surface area contributed by atoms with Crippen molar-refractivity contribution in [2.75, 3.05) is 29.0 Å². The number of nitrogens with two attached hydrogens (primary N) is 1. The smallest absolute Gasteiger partial charge is 0.223 e.